The van der Waals surface area contributed by atoms with Gasteiger partial charge in [0.05, 0.1) is 6.54 Å². The number of nitrogens with zero attached hydrogens (tertiary/aromatic N) is 1. The molecule has 5 heteroatoms. The van der Waals surface area contributed by atoms with E-state index in [1.54, 1.807) is 13.1 Å². The minimum absolute atomic E-state index is 0.0783. The van der Waals surface area contributed by atoms with Crippen LogP contribution in [0.3, 0.4) is 0 Å². The summed E-state index contributed by atoms with van der Waals surface area (Å²) in [5, 5.41) is 8.74. The van der Waals surface area contributed by atoms with Crippen molar-refractivity contribution in [3.8, 4) is 0 Å². The second-order valence-electron chi connectivity index (χ2n) is 3.86. The van der Waals surface area contributed by atoms with E-state index in [-0.39, 0.29) is 12.5 Å². The molecule has 0 heterocycles. The van der Waals surface area contributed by atoms with Gasteiger partial charge < -0.3 is 16.0 Å². The molecule has 1 amide bonds. The Labute approximate surface area is 113 Å². The van der Waals surface area contributed by atoms with Gasteiger partial charge in [-0.15, -0.1) is 6.58 Å². The van der Waals surface area contributed by atoms with Crippen LogP contribution in [0.25, 0.3) is 0 Å². The van der Waals surface area contributed by atoms with E-state index in [0.717, 1.165) is 5.56 Å². The molecule has 0 aromatic heterocycles. The van der Waals surface area contributed by atoms with Crippen molar-refractivity contribution in [3.63, 3.8) is 0 Å². The van der Waals surface area contributed by atoms with Gasteiger partial charge in [0.1, 0.15) is 0 Å². The van der Waals surface area contributed by atoms with Crippen LogP contribution < -0.4 is 16.0 Å². The molecule has 0 spiro atoms. The number of nitrogens with one attached hydrogen (secondary N) is 3. The Morgan fingerprint density at radius 2 is 2.00 bits per heavy atom. The lowest BCUT2D eigenvalue weighted by atomic mass is 10.2. The molecule has 0 aliphatic carbocycles. The standard InChI is InChI=1S/C14H20N4O/c1-3-9-16-14(15-2)18-11-13(19)17-10-12-7-5-4-6-8-12/h3-8H,1,9-11H2,2H3,(H,17,19)(H2,15,16,18). The number of hydrogen-bond donors (Lipinski definition) is 3. The molecule has 0 aliphatic rings. The van der Waals surface area contributed by atoms with Crippen molar-refractivity contribution in [2.24, 2.45) is 4.99 Å². The first kappa shape index (κ1) is 14.8. The molecule has 0 saturated carbocycles. The summed E-state index contributed by atoms with van der Waals surface area (Å²) < 4.78 is 0. The summed E-state index contributed by atoms with van der Waals surface area (Å²) in [7, 11) is 1.65. The van der Waals surface area contributed by atoms with E-state index in [2.05, 4.69) is 27.5 Å². The molecular weight excluding hydrogens is 240 g/mol. The minimum Gasteiger partial charge on any atom is -0.353 e. The van der Waals surface area contributed by atoms with Crippen molar-refractivity contribution in [1.29, 1.82) is 0 Å². The highest BCUT2D eigenvalue weighted by atomic mass is 16.1. The Balaban J connectivity index is 2.26. The lowest BCUT2D eigenvalue weighted by Gasteiger charge is -2.10. The summed E-state index contributed by atoms with van der Waals surface area (Å²) in [6.45, 7) is 4.92. The summed E-state index contributed by atoms with van der Waals surface area (Å²) >= 11 is 0. The summed E-state index contributed by atoms with van der Waals surface area (Å²) in [4.78, 5) is 15.6. The van der Waals surface area contributed by atoms with Crippen LogP contribution in [0.2, 0.25) is 0 Å². The summed E-state index contributed by atoms with van der Waals surface area (Å²) in [6.07, 6.45) is 1.72. The molecule has 19 heavy (non-hydrogen) atoms. The van der Waals surface area contributed by atoms with Gasteiger partial charge in [0, 0.05) is 20.1 Å². The Morgan fingerprint density at radius 3 is 2.63 bits per heavy atom. The summed E-state index contributed by atoms with van der Waals surface area (Å²) in [5.41, 5.74) is 1.07. The average Bonchev–Trinajstić information content (AvgIpc) is 2.46. The van der Waals surface area contributed by atoms with Gasteiger partial charge in [-0.2, -0.15) is 0 Å². The predicted molar refractivity (Wildman–Crippen MR) is 77.9 cm³/mol. The zero-order chi connectivity index (χ0) is 13.9. The molecule has 102 valence electrons. The van der Waals surface area contributed by atoms with Gasteiger partial charge in [0.2, 0.25) is 5.91 Å². The smallest absolute Gasteiger partial charge is 0.239 e. The number of amides is 1. The number of benzene rings is 1. The normalized spacial score (nSPS) is 10.7. The van der Waals surface area contributed by atoms with E-state index in [9.17, 15) is 4.79 Å². The lowest BCUT2D eigenvalue weighted by Crippen LogP contribution is -2.43. The van der Waals surface area contributed by atoms with E-state index in [4.69, 9.17) is 0 Å². The molecule has 1 aromatic rings. The fraction of sp³-hybridized carbons (Fsp3) is 0.286. The monoisotopic (exact) mass is 260 g/mol. The van der Waals surface area contributed by atoms with Crippen LogP contribution in [0.15, 0.2) is 48.0 Å². The highest BCUT2D eigenvalue weighted by molar-refractivity contribution is 5.86. The zero-order valence-corrected chi connectivity index (χ0v) is 11.1. The molecule has 0 saturated heterocycles. The second kappa shape index (κ2) is 8.74. The zero-order valence-electron chi connectivity index (χ0n) is 11.1. The molecule has 3 N–H and O–H groups in total. The van der Waals surface area contributed by atoms with Gasteiger partial charge in [-0.1, -0.05) is 36.4 Å². The molecule has 0 bridgehead atoms. The van der Waals surface area contributed by atoms with Crippen molar-refractivity contribution in [2.75, 3.05) is 20.1 Å². The Hall–Kier alpha value is -2.30. The molecular formula is C14H20N4O. The van der Waals surface area contributed by atoms with Crippen molar-refractivity contribution in [2.45, 2.75) is 6.54 Å². The summed E-state index contributed by atoms with van der Waals surface area (Å²) in [6, 6.07) is 9.78. The molecule has 0 fully saturated rings. The first-order valence-corrected chi connectivity index (χ1v) is 6.12. The number of guanidine groups is 1. The van der Waals surface area contributed by atoms with Gasteiger partial charge in [-0.3, -0.25) is 9.79 Å². The van der Waals surface area contributed by atoms with Crippen LogP contribution in [0.4, 0.5) is 0 Å². The first-order chi connectivity index (χ1) is 9.26. The van der Waals surface area contributed by atoms with Gasteiger partial charge >= 0.3 is 0 Å². The highest BCUT2D eigenvalue weighted by Crippen LogP contribution is 1.96. The van der Waals surface area contributed by atoms with Gasteiger partial charge in [-0.05, 0) is 5.56 Å². The lowest BCUT2D eigenvalue weighted by molar-refractivity contribution is -0.120. The molecule has 1 rings (SSSR count). The van der Waals surface area contributed by atoms with E-state index < -0.39 is 0 Å². The Bertz CT molecular complexity index is 428. The first-order valence-electron chi connectivity index (χ1n) is 6.12. The van der Waals surface area contributed by atoms with Gasteiger partial charge in [-0.25, -0.2) is 0 Å². The Morgan fingerprint density at radius 1 is 1.26 bits per heavy atom. The number of carbonyl (C=O) groups excluding carboxylic acids is 1. The number of rotatable bonds is 6. The average molecular weight is 260 g/mol. The van der Waals surface area contributed by atoms with Crippen LogP contribution in [-0.4, -0.2) is 32.0 Å². The van der Waals surface area contributed by atoms with Crippen molar-refractivity contribution < 1.29 is 4.79 Å². The van der Waals surface area contributed by atoms with Crippen molar-refractivity contribution in [1.82, 2.24) is 16.0 Å². The number of hydrogen-bond acceptors (Lipinski definition) is 2. The van der Waals surface area contributed by atoms with E-state index in [0.29, 0.717) is 19.0 Å². The molecule has 0 aliphatic heterocycles. The quantitative estimate of drug-likeness (QED) is 0.400. The third-order valence-electron chi connectivity index (χ3n) is 2.39. The Kier molecular flexibility index (Phi) is 6.79. The molecule has 0 atom stereocenters. The number of aliphatic imine (C=N–C) groups is 1. The number of carbonyl (C=O) groups is 1. The molecule has 0 radical (unpaired) electrons. The van der Waals surface area contributed by atoms with E-state index >= 15 is 0 Å². The third kappa shape index (κ3) is 6.26. The van der Waals surface area contributed by atoms with Crippen molar-refractivity contribution in [3.05, 3.63) is 48.6 Å². The van der Waals surface area contributed by atoms with E-state index in [1.165, 1.54) is 0 Å². The van der Waals surface area contributed by atoms with E-state index in [1.807, 2.05) is 30.3 Å². The highest BCUT2D eigenvalue weighted by Gasteiger charge is 2.02. The second-order valence-corrected chi connectivity index (χ2v) is 3.86. The molecule has 1 aromatic carbocycles. The molecule has 0 unspecified atom stereocenters. The summed E-state index contributed by atoms with van der Waals surface area (Å²) in [5.74, 6) is 0.500. The molecule has 5 nitrogen and oxygen atoms in total. The topological polar surface area (TPSA) is 65.5 Å². The van der Waals surface area contributed by atoms with Gasteiger partial charge in [0.25, 0.3) is 0 Å². The maximum absolute atomic E-state index is 11.6. The predicted octanol–water partition coefficient (Wildman–Crippen LogP) is 0.654. The SMILES string of the molecule is C=CCNC(=NC)NCC(=O)NCc1ccccc1. The minimum atomic E-state index is -0.0783. The largest absolute Gasteiger partial charge is 0.353 e. The maximum atomic E-state index is 11.6. The fourth-order valence-electron chi connectivity index (χ4n) is 1.41. The maximum Gasteiger partial charge on any atom is 0.239 e. The van der Waals surface area contributed by atoms with Crippen LogP contribution in [0.5, 0.6) is 0 Å². The fourth-order valence-corrected chi connectivity index (χ4v) is 1.41. The van der Waals surface area contributed by atoms with Crippen LogP contribution >= 0.6 is 0 Å². The van der Waals surface area contributed by atoms with Crippen LogP contribution in [0.1, 0.15) is 5.56 Å². The third-order valence-corrected chi connectivity index (χ3v) is 2.39. The van der Waals surface area contributed by atoms with Crippen molar-refractivity contribution >= 4 is 11.9 Å². The van der Waals surface area contributed by atoms with Gasteiger partial charge in [0.15, 0.2) is 5.96 Å². The van der Waals surface area contributed by atoms with Crippen LogP contribution in [0, 0.1) is 0 Å². The van der Waals surface area contributed by atoms with Crippen LogP contribution in [-0.2, 0) is 11.3 Å².